The fourth-order valence-corrected chi connectivity index (χ4v) is 1.38. The smallest absolute Gasteiger partial charge is 0.101 e. The molecule has 0 aromatic heterocycles. The summed E-state index contributed by atoms with van der Waals surface area (Å²) in [5.74, 6) is 0. The fraction of sp³-hybridized carbons (Fsp3) is 0.125. The Balaban J connectivity index is 3.15. The van der Waals surface area contributed by atoms with E-state index in [4.69, 9.17) is 16.9 Å². The van der Waals surface area contributed by atoms with Crippen LogP contribution < -0.4 is 0 Å². The van der Waals surface area contributed by atoms with Gasteiger partial charge >= 0.3 is 0 Å². The van der Waals surface area contributed by atoms with Crippen molar-refractivity contribution in [3.8, 4) is 6.07 Å². The van der Waals surface area contributed by atoms with Crippen molar-refractivity contribution in [2.75, 3.05) is 0 Å². The molecular weight excluding hydrogens is 272 g/mol. The number of benzene rings is 1. The molecule has 0 N–H and O–H groups in total. The highest BCUT2D eigenvalue weighted by Crippen LogP contribution is 2.17. The van der Waals surface area contributed by atoms with Crippen LogP contribution in [0.3, 0.4) is 0 Å². The Hall–Kier alpha value is -0.270. The Morgan fingerprint density at radius 3 is 2.82 bits per heavy atom. The summed E-state index contributed by atoms with van der Waals surface area (Å²) in [5.41, 5.74) is 1.69. The Morgan fingerprint density at radius 1 is 1.55 bits per heavy atom. The van der Waals surface area contributed by atoms with E-state index in [2.05, 4.69) is 22.6 Å². The molecule has 0 saturated heterocycles. The molecule has 0 saturated carbocycles. The molecule has 0 atom stereocenters. The van der Waals surface area contributed by atoms with Crippen molar-refractivity contribution in [2.24, 2.45) is 0 Å². The molecule has 0 fully saturated rings. The zero-order valence-electron chi connectivity index (χ0n) is 5.64. The van der Waals surface area contributed by atoms with Crippen molar-refractivity contribution in [2.45, 2.75) is 4.43 Å². The lowest BCUT2D eigenvalue weighted by Crippen LogP contribution is -1.81. The first kappa shape index (κ1) is 8.82. The molecule has 0 spiro atoms. The van der Waals surface area contributed by atoms with Gasteiger partial charge in [-0.25, -0.2) is 0 Å². The van der Waals surface area contributed by atoms with E-state index in [-0.39, 0.29) is 0 Å². The van der Waals surface area contributed by atoms with Gasteiger partial charge in [0.15, 0.2) is 0 Å². The number of nitriles is 1. The van der Waals surface area contributed by atoms with Gasteiger partial charge in [0.25, 0.3) is 0 Å². The summed E-state index contributed by atoms with van der Waals surface area (Å²) in [6, 6.07) is 7.53. The van der Waals surface area contributed by atoms with Crippen molar-refractivity contribution in [1.29, 1.82) is 5.26 Å². The van der Waals surface area contributed by atoms with Crippen LogP contribution in [-0.2, 0) is 4.43 Å². The molecule has 0 aliphatic rings. The largest absolute Gasteiger partial charge is 0.192 e. The van der Waals surface area contributed by atoms with Crippen molar-refractivity contribution in [3.05, 3.63) is 34.3 Å². The minimum atomic E-state index is 0.529. The second-order valence-corrected chi connectivity index (χ2v) is 3.23. The molecule has 1 nitrogen and oxygen atoms in total. The van der Waals surface area contributed by atoms with Crippen LogP contribution in [-0.4, -0.2) is 0 Å². The number of halogens is 2. The van der Waals surface area contributed by atoms with Crippen molar-refractivity contribution in [1.82, 2.24) is 0 Å². The van der Waals surface area contributed by atoms with Gasteiger partial charge in [0.2, 0.25) is 0 Å². The van der Waals surface area contributed by atoms with E-state index in [1.807, 2.05) is 18.2 Å². The molecule has 0 amide bonds. The van der Waals surface area contributed by atoms with Gasteiger partial charge in [0.1, 0.15) is 6.07 Å². The van der Waals surface area contributed by atoms with Gasteiger partial charge in [0, 0.05) is 4.43 Å². The molecule has 1 rings (SSSR count). The summed E-state index contributed by atoms with van der Waals surface area (Å²) in [4.78, 5) is 0. The molecule has 0 unspecified atom stereocenters. The number of alkyl halides is 1. The standard InChI is InChI=1S/C8H5ClIN/c9-8-2-1-6(4-10)3-7(8)5-11/h1-3H,4H2. The Kier molecular flexibility index (Phi) is 3.16. The van der Waals surface area contributed by atoms with Gasteiger partial charge in [-0.1, -0.05) is 40.3 Å². The summed E-state index contributed by atoms with van der Waals surface area (Å²) < 4.78 is 0.906. The molecule has 11 heavy (non-hydrogen) atoms. The van der Waals surface area contributed by atoms with E-state index < -0.39 is 0 Å². The van der Waals surface area contributed by atoms with Crippen LogP contribution in [0.25, 0.3) is 0 Å². The highest BCUT2D eigenvalue weighted by molar-refractivity contribution is 14.1. The first-order valence-corrected chi connectivity index (χ1v) is 4.92. The molecular formula is C8H5ClIN. The zero-order valence-corrected chi connectivity index (χ0v) is 8.56. The fourth-order valence-electron chi connectivity index (χ4n) is 0.741. The highest BCUT2D eigenvalue weighted by Gasteiger charge is 1.98. The van der Waals surface area contributed by atoms with Crippen LogP contribution in [0.5, 0.6) is 0 Å². The first-order valence-electron chi connectivity index (χ1n) is 3.02. The van der Waals surface area contributed by atoms with Crippen LogP contribution in [0, 0.1) is 11.3 Å². The maximum atomic E-state index is 8.60. The maximum absolute atomic E-state index is 8.60. The minimum Gasteiger partial charge on any atom is -0.192 e. The summed E-state index contributed by atoms with van der Waals surface area (Å²) in [6.45, 7) is 0. The predicted octanol–water partition coefficient (Wildman–Crippen LogP) is 3.15. The number of hydrogen-bond donors (Lipinski definition) is 0. The lowest BCUT2D eigenvalue weighted by molar-refractivity contribution is 1.41. The van der Waals surface area contributed by atoms with Crippen LogP contribution in [0.4, 0.5) is 0 Å². The minimum absolute atomic E-state index is 0.529. The third kappa shape index (κ3) is 2.08. The van der Waals surface area contributed by atoms with E-state index in [9.17, 15) is 0 Å². The van der Waals surface area contributed by atoms with E-state index in [0.29, 0.717) is 10.6 Å². The van der Waals surface area contributed by atoms with Crippen LogP contribution >= 0.6 is 34.2 Å². The molecule has 0 heterocycles. The molecule has 56 valence electrons. The van der Waals surface area contributed by atoms with Gasteiger partial charge in [-0.05, 0) is 17.7 Å². The normalized spacial score (nSPS) is 9.18. The van der Waals surface area contributed by atoms with Crippen molar-refractivity contribution >= 4 is 34.2 Å². The molecule has 1 aromatic rings. The maximum Gasteiger partial charge on any atom is 0.101 e. The second kappa shape index (κ2) is 3.93. The second-order valence-electron chi connectivity index (χ2n) is 2.06. The van der Waals surface area contributed by atoms with E-state index >= 15 is 0 Å². The van der Waals surface area contributed by atoms with E-state index in [0.717, 1.165) is 9.99 Å². The predicted molar refractivity (Wildman–Crippen MR) is 53.9 cm³/mol. The number of nitrogens with zero attached hydrogens (tertiary/aromatic N) is 1. The lowest BCUT2D eigenvalue weighted by Gasteiger charge is -1.96. The Bertz CT molecular complexity index is 303. The van der Waals surface area contributed by atoms with Crippen LogP contribution in [0.2, 0.25) is 5.02 Å². The van der Waals surface area contributed by atoms with Crippen molar-refractivity contribution in [3.63, 3.8) is 0 Å². The van der Waals surface area contributed by atoms with E-state index in [1.54, 1.807) is 6.07 Å². The topological polar surface area (TPSA) is 23.8 Å². The Morgan fingerprint density at radius 2 is 2.27 bits per heavy atom. The average Bonchev–Trinajstić information content (AvgIpc) is 2.05. The molecule has 1 aromatic carbocycles. The van der Waals surface area contributed by atoms with Crippen LogP contribution in [0.15, 0.2) is 18.2 Å². The third-order valence-electron chi connectivity index (χ3n) is 1.31. The third-order valence-corrected chi connectivity index (χ3v) is 2.52. The SMILES string of the molecule is N#Cc1cc(CI)ccc1Cl. The van der Waals surface area contributed by atoms with E-state index in [1.165, 1.54) is 0 Å². The summed E-state index contributed by atoms with van der Waals surface area (Å²) in [5, 5.41) is 9.13. The molecule has 0 aliphatic heterocycles. The highest BCUT2D eigenvalue weighted by atomic mass is 127. The van der Waals surface area contributed by atoms with Crippen molar-refractivity contribution < 1.29 is 0 Å². The van der Waals surface area contributed by atoms with Crippen LogP contribution in [0.1, 0.15) is 11.1 Å². The molecule has 0 aliphatic carbocycles. The van der Waals surface area contributed by atoms with Gasteiger partial charge < -0.3 is 0 Å². The van der Waals surface area contributed by atoms with Gasteiger partial charge in [0.05, 0.1) is 10.6 Å². The zero-order chi connectivity index (χ0) is 8.27. The summed E-state index contributed by atoms with van der Waals surface area (Å²) in [6.07, 6.45) is 0. The van der Waals surface area contributed by atoms with Gasteiger partial charge in [-0.3, -0.25) is 0 Å². The molecule has 3 heteroatoms. The summed E-state index contributed by atoms with van der Waals surface area (Å²) in [7, 11) is 0. The van der Waals surface area contributed by atoms with Gasteiger partial charge in [-0.2, -0.15) is 5.26 Å². The first-order chi connectivity index (χ1) is 5.27. The lowest BCUT2D eigenvalue weighted by atomic mass is 10.2. The Labute approximate surface area is 84.1 Å². The monoisotopic (exact) mass is 277 g/mol. The number of hydrogen-bond acceptors (Lipinski definition) is 1. The number of rotatable bonds is 1. The summed E-state index contributed by atoms with van der Waals surface area (Å²) >= 11 is 7.97. The van der Waals surface area contributed by atoms with Gasteiger partial charge in [-0.15, -0.1) is 0 Å². The quantitative estimate of drug-likeness (QED) is 0.571. The molecule has 0 radical (unpaired) electrons. The molecule has 0 bridgehead atoms. The average molecular weight is 277 g/mol.